The van der Waals surface area contributed by atoms with Gasteiger partial charge < -0.3 is 14.8 Å². The Morgan fingerprint density at radius 3 is 2.83 bits per heavy atom. The van der Waals surface area contributed by atoms with Crippen molar-refractivity contribution >= 4 is 15.9 Å². The molecule has 18 heavy (non-hydrogen) atoms. The van der Waals surface area contributed by atoms with Gasteiger partial charge in [-0.15, -0.1) is 0 Å². The summed E-state index contributed by atoms with van der Waals surface area (Å²) in [6.07, 6.45) is 0. The lowest BCUT2D eigenvalue weighted by Gasteiger charge is -2.08. The van der Waals surface area contributed by atoms with E-state index in [1.807, 2.05) is 19.1 Å². The van der Waals surface area contributed by atoms with Gasteiger partial charge >= 0.3 is 0 Å². The molecule has 1 aromatic rings. The highest BCUT2D eigenvalue weighted by atomic mass is 79.9. The molecule has 0 aliphatic carbocycles. The summed E-state index contributed by atoms with van der Waals surface area (Å²) in [5.74, 6) is 0.851. The van der Waals surface area contributed by atoms with Crippen molar-refractivity contribution in [2.75, 3.05) is 26.9 Å². The topological polar surface area (TPSA) is 30.5 Å². The summed E-state index contributed by atoms with van der Waals surface area (Å²) < 4.78 is 11.6. The van der Waals surface area contributed by atoms with Crippen LogP contribution in [0.1, 0.15) is 12.5 Å². The summed E-state index contributed by atoms with van der Waals surface area (Å²) >= 11 is 3.47. The number of halogens is 1. The third-order valence-corrected chi connectivity index (χ3v) is 2.94. The molecule has 0 saturated carbocycles. The zero-order valence-corrected chi connectivity index (χ0v) is 12.5. The first-order valence-corrected chi connectivity index (χ1v) is 6.68. The molecule has 1 aromatic carbocycles. The third kappa shape index (κ3) is 5.67. The van der Waals surface area contributed by atoms with Gasteiger partial charge in [0.05, 0.1) is 24.8 Å². The summed E-state index contributed by atoms with van der Waals surface area (Å²) in [5, 5.41) is 3.32. The standard InChI is InChI=1S/C14H20BrNO2/c1-11(2)10-18-7-6-16-9-12-4-5-14(17-3)13(15)8-12/h4-5,8,16H,1,6-7,9-10H2,2-3H3. The van der Waals surface area contributed by atoms with E-state index in [0.29, 0.717) is 13.2 Å². The van der Waals surface area contributed by atoms with E-state index in [-0.39, 0.29) is 0 Å². The predicted molar refractivity (Wildman–Crippen MR) is 78.0 cm³/mol. The zero-order chi connectivity index (χ0) is 13.4. The number of ether oxygens (including phenoxy) is 2. The van der Waals surface area contributed by atoms with E-state index >= 15 is 0 Å². The molecule has 1 rings (SSSR count). The summed E-state index contributed by atoms with van der Waals surface area (Å²) in [4.78, 5) is 0. The average molecular weight is 314 g/mol. The number of hydrogen-bond donors (Lipinski definition) is 1. The molecule has 0 aliphatic heterocycles. The molecule has 0 radical (unpaired) electrons. The SMILES string of the molecule is C=C(C)COCCNCc1ccc(OC)c(Br)c1. The van der Waals surface area contributed by atoms with Gasteiger partial charge in [0, 0.05) is 13.1 Å². The van der Waals surface area contributed by atoms with Gasteiger partial charge in [0.15, 0.2) is 0 Å². The maximum Gasteiger partial charge on any atom is 0.133 e. The first-order valence-electron chi connectivity index (χ1n) is 5.88. The Kier molecular flexibility index (Phi) is 7.01. The van der Waals surface area contributed by atoms with Crippen LogP contribution in [0.25, 0.3) is 0 Å². The Hall–Kier alpha value is -0.840. The molecule has 0 spiro atoms. The number of hydrogen-bond acceptors (Lipinski definition) is 3. The highest BCUT2D eigenvalue weighted by Gasteiger charge is 2.00. The van der Waals surface area contributed by atoms with Crippen LogP contribution in [0.4, 0.5) is 0 Å². The van der Waals surface area contributed by atoms with E-state index in [9.17, 15) is 0 Å². The van der Waals surface area contributed by atoms with E-state index < -0.39 is 0 Å². The summed E-state index contributed by atoms with van der Waals surface area (Å²) in [6, 6.07) is 6.06. The maximum absolute atomic E-state index is 5.40. The molecule has 0 heterocycles. The van der Waals surface area contributed by atoms with Crippen LogP contribution in [0.2, 0.25) is 0 Å². The molecular weight excluding hydrogens is 294 g/mol. The fourth-order valence-corrected chi connectivity index (χ4v) is 2.03. The first-order chi connectivity index (χ1) is 8.63. The van der Waals surface area contributed by atoms with Crippen molar-refractivity contribution < 1.29 is 9.47 Å². The van der Waals surface area contributed by atoms with Crippen molar-refractivity contribution in [1.82, 2.24) is 5.32 Å². The van der Waals surface area contributed by atoms with Gasteiger partial charge in [0.1, 0.15) is 5.75 Å². The van der Waals surface area contributed by atoms with Crippen molar-refractivity contribution in [1.29, 1.82) is 0 Å². The molecular formula is C14H20BrNO2. The van der Waals surface area contributed by atoms with Crippen LogP contribution < -0.4 is 10.1 Å². The van der Waals surface area contributed by atoms with Gasteiger partial charge in [-0.2, -0.15) is 0 Å². The Morgan fingerprint density at radius 2 is 2.22 bits per heavy atom. The van der Waals surface area contributed by atoms with Gasteiger partial charge in [-0.3, -0.25) is 0 Å². The molecule has 3 nitrogen and oxygen atoms in total. The maximum atomic E-state index is 5.40. The molecule has 0 bridgehead atoms. The van der Waals surface area contributed by atoms with E-state index in [4.69, 9.17) is 9.47 Å². The van der Waals surface area contributed by atoms with Crippen LogP contribution in [-0.4, -0.2) is 26.9 Å². The fraction of sp³-hybridized carbons (Fsp3) is 0.429. The lowest BCUT2D eigenvalue weighted by atomic mass is 10.2. The molecule has 1 N–H and O–H groups in total. The number of methoxy groups -OCH3 is 1. The Balaban J connectivity index is 2.23. The van der Waals surface area contributed by atoms with Gasteiger partial charge in [-0.25, -0.2) is 0 Å². The second-order valence-electron chi connectivity index (χ2n) is 4.16. The minimum atomic E-state index is 0.635. The van der Waals surface area contributed by atoms with E-state index in [1.165, 1.54) is 5.56 Å². The van der Waals surface area contributed by atoms with E-state index in [0.717, 1.165) is 28.9 Å². The summed E-state index contributed by atoms with van der Waals surface area (Å²) in [6.45, 7) is 8.73. The number of rotatable bonds is 8. The van der Waals surface area contributed by atoms with Crippen molar-refractivity contribution in [3.63, 3.8) is 0 Å². The lowest BCUT2D eigenvalue weighted by molar-refractivity contribution is 0.158. The van der Waals surface area contributed by atoms with Crippen molar-refractivity contribution in [2.45, 2.75) is 13.5 Å². The number of nitrogens with one attached hydrogen (secondary N) is 1. The second kappa shape index (κ2) is 8.29. The Morgan fingerprint density at radius 1 is 1.44 bits per heavy atom. The predicted octanol–water partition coefficient (Wildman–Crippen LogP) is 3.14. The Bertz CT molecular complexity index is 393. The van der Waals surface area contributed by atoms with Crippen LogP contribution in [0, 0.1) is 0 Å². The monoisotopic (exact) mass is 313 g/mol. The van der Waals surface area contributed by atoms with Crippen LogP contribution in [0.15, 0.2) is 34.8 Å². The molecule has 0 saturated heterocycles. The van der Waals surface area contributed by atoms with E-state index in [1.54, 1.807) is 7.11 Å². The molecule has 0 aliphatic rings. The fourth-order valence-electron chi connectivity index (χ4n) is 1.44. The summed E-state index contributed by atoms with van der Waals surface area (Å²) in [5.41, 5.74) is 2.26. The van der Waals surface area contributed by atoms with Crippen molar-refractivity contribution in [2.24, 2.45) is 0 Å². The number of benzene rings is 1. The molecule has 4 heteroatoms. The minimum Gasteiger partial charge on any atom is -0.496 e. The Labute approximate surface area is 117 Å². The largest absolute Gasteiger partial charge is 0.496 e. The van der Waals surface area contributed by atoms with Crippen molar-refractivity contribution in [3.8, 4) is 5.75 Å². The molecule has 0 amide bonds. The second-order valence-corrected chi connectivity index (χ2v) is 5.01. The molecule has 0 aromatic heterocycles. The molecule has 0 fully saturated rings. The average Bonchev–Trinajstić information content (AvgIpc) is 2.33. The van der Waals surface area contributed by atoms with Crippen LogP contribution in [-0.2, 0) is 11.3 Å². The summed E-state index contributed by atoms with van der Waals surface area (Å²) in [7, 11) is 1.66. The van der Waals surface area contributed by atoms with Gasteiger partial charge in [0.25, 0.3) is 0 Å². The zero-order valence-electron chi connectivity index (χ0n) is 11.0. The van der Waals surface area contributed by atoms with E-state index in [2.05, 4.69) is 33.9 Å². The van der Waals surface area contributed by atoms with Gasteiger partial charge in [-0.1, -0.05) is 18.2 Å². The molecule has 100 valence electrons. The molecule has 0 unspecified atom stereocenters. The smallest absolute Gasteiger partial charge is 0.133 e. The minimum absolute atomic E-state index is 0.635. The van der Waals surface area contributed by atoms with Gasteiger partial charge in [0.2, 0.25) is 0 Å². The van der Waals surface area contributed by atoms with Gasteiger partial charge in [-0.05, 0) is 40.5 Å². The van der Waals surface area contributed by atoms with Crippen molar-refractivity contribution in [3.05, 3.63) is 40.4 Å². The highest BCUT2D eigenvalue weighted by molar-refractivity contribution is 9.10. The quantitative estimate of drug-likeness (QED) is 0.591. The van der Waals surface area contributed by atoms with Crippen LogP contribution >= 0.6 is 15.9 Å². The highest BCUT2D eigenvalue weighted by Crippen LogP contribution is 2.25. The first kappa shape index (κ1) is 15.2. The normalized spacial score (nSPS) is 10.4. The lowest BCUT2D eigenvalue weighted by Crippen LogP contribution is -2.19. The molecule has 0 atom stereocenters. The van der Waals surface area contributed by atoms with Crippen LogP contribution in [0.5, 0.6) is 5.75 Å². The third-order valence-electron chi connectivity index (χ3n) is 2.32. The van der Waals surface area contributed by atoms with Crippen LogP contribution in [0.3, 0.4) is 0 Å².